The van der Waals surface area contributed by atoms with E-state index in [-0.39, 0.29) is 0 Å². The maximum absolute atomic E-state index is 4.43. The van der Waals surface area contributed by atoms with Gasteiger partial charge in [0, 0.05) is 18.5 Å². The fraction of sp³-hybridized carbons (Fsp3) is 0.357. The molecule has 0 bridgehead atoms. The van der Waals surface area contributed by atoms with Gasteiger partial charge in [0.15, 0.2) is 0 Å². The Morgan fingerprint density at radius 2 is 2.11 bits per heavy atom. The number of nitrogens with zero attached hydrogens (tertiary/aromatic N) is 1. The van der Waals surface area contributed by atoms with Crippen molar-refractivity contribution in [2.45, 2.75) is 20.3 Å². The highest BCUT2D eigenvalue weighted by molar-refractivity contribution is 9.10. The lowest BCUT2D eigenvalue weighted by Gasteiger charge is -2.04. The third kappa shape index (κ3) is 2.65. The van der Waals surface area contributed by atoms with Crippen molar-refractivity contribution in [3.8, 4) is 11.3 Å². The molecule has 2 rings (SSSR count). The molecule has 3 nitrogen and oxygen atoms in total. The van der Waals surface area contributed by atoms with Crippen LogP contribution in [0.2, 0.25) is 0 Å². The molecule has 18 heavy (non-hydrogen) atoms. The van der Waals surface area contributed by atoms with Crippen LogP contribution in [0.1, 0.15) is 16.8 Å². The zero-order valence-electron chi connectivity index (χ0n) is 11.0. The molecule has 0 radical (unpaired) electrons. The molecule has 1 heterocycles. The molecule has 0 fully saturated rings. The van der Waals surface area contributed by atoms with Crippen molar-refractivity contribution < 1.29 is 0 Å². The predicted octanol–water partition coefficient (Wildman–Crippen LogP) is 3.22. The summed E-state index contributed by atoms with van der Waals surface area (Å²) in [5.41, 5.74) is 5.85. The van der Waals surface area contributed by atoms with Gasteiger partial charge in [0.1, 0.15) is 5.69 Å². The second kappa shape index (κ2) is 5.67. The second-order valence-corrected chi connectivity index (χ2v) is 5.33. The van der Waals surface area contributed by atoms with Gasteiger partial charge in [-0.2, -0.15) is 5.10 Å². The van der Waals surface area contributed by atoms with Crippen LogP contribution in [-0.4, -0.2) is 23.8 Å². The van der Waals surface area contributed by atoms with Gasteiger partial charge in [-0.25, -0.2) is 0 Å². The number of halogens is 1. The van der Waals surface area contributed by atoms with E-state index in [0.717, 1.165) is 28.8 Å². The lowest BCUT2D eigenvalue weighted by atomic mass is 10.0. The molecule has 4 heteroatoms. The summed E-state index contributed by atoms with van der Waals surface area (Å²) in [4.78, 5) is 0. The van der Waals surface area contributed by atoms with E-state index in [2.05, 4.69) is 63.5 Å². The van der Waals surface area contributed by atoms with Gasteiger partial charge in [0.2, 0.25) is 0 Å². The highest BCUT2D eigenvalue weighted by atomic mass is 79.9. The minimum atomic E-state index is 0.938. The van der Waals surface area contributed by atoms with Gasteiger partial charge in [-0.3, -0.25) is 5.10 Å². The summed E-state index contributed by atoms with van der Waals surface area (Å²) in [5.74, 6) is 0. The molecular formula is C14H18BrN3. The van der Waals surface area contributed by atoms with E-state index >= 15 is 0 Å². The number of hydrogen-bond donors (Lipinski definition) is 2. The third-order valence-corrected chi connectivity index (χ3v) is 3.89. The van der Waals surface area contributed by atoms with Crippen molar-refractivity contribution >= 4 is 15.9 Å². The summed E-state index contributed by atoms with van der Waals surface area (Å²) in [6, 6.07) is 6.44. The highest BCUT2D eigenvalue weighted by Gasteiger charge is 2.13. The number of rotatable bonds is 4. The lowest BCUT2D eigenvalue weighted by molar-refractivity contribution is 0.770. The molecule has 2 aromatic rings. The van der Waals surface area contributed by atoms with E-state index in [1.165, 1.54) is 16.7 Å². The molecule has 1 aromatic heterocycles. The fourth-order valence-electron chi connectivity index (χ4n) is 2.04. The molecule has 0 unspecified atom stereocenters. The first-order valence-electron chi connectivity index (χ1n) is 6.08. The smallest absolute Gasteiger partial charge is 0.107 e. The second-order valence-electron chi connectivity index (χ2n) is 4.54. The van der Waals surface area contributed by atoms with Crippen molar-refractivity contribution in [2.24, 2.45) is 0 Å². The van der Waals surface area contributed by atoms with E-state index in [1.807, 2.05) is 7.05 Å². The van der Waals surface area contributed by atoms with Gasteiger partial charge < -0.3 is 5.32 Å². The number of nitrogens with one attached hydrogen (secondary N) is 2. The van der Waals surface area contributed by atoms with E-state index in [1.54, 1.807) is 0 Å². The Labute approximate surface area is 116 Å². The number of benzene rings is 1. The van der Waals surface area contributed by atoms with Gasteiger partial charge in [0.25, 0.3) is 0 Å². The first-order valence-corrected chi connectivity index (χ1v) is 6.87. The van der Waals surface area contributed by atoms with Gasteiger partial charge in [0.05, 0.1) is 10.2 Å². The van der Waals surface area contributed by atoms with Crippen LogP contribution in [0.3, 0.4) is 0 Å². The number of likely N-dealkylation sites (N-methyl/N-ethyl adjacent to an activating group) is 1. The Morgan fingerprint density at radius 3 is 2.78 bits per heavy atom. The third-order valence-electron chi connectivity index (χ3n) is 3.04. The number of hydrogen-bond acceptors (Lipinski definition) is 2. The summed E-state index contributed by atoms with van der Waals surface area (Å²) in [5, 5.41) is 10.7. The standard InChI is InChI=1S/C14H18BrN3/c1-9-4-5-11(10(2)8-9)14-13(15)12(17-18-14)6-7-16-3/h4-5,8,16H,6-7H2,1-3H3,(H,17,18). The molecule has 2 N–H and O–H groups in total. The largest absolute Gasteiger partial charge is 0.319 e. The van der Waals surface area contributed by atoms with E-state index in [0.29, 0.717) is 0 Å². The zero-order chi connectivity index (χ0) is 13.1. The summed E-state index contributed by atoms with van der Waals surface area (Å²) in [7, 11) is 1.95. The average Bonchev–Trinajstić information content (AvgIpc) is 2.68. The molecule has 96 valence electrons. The van der Waals surface area contributed by atoms with Crippen LogP contribution in [0.5, 0.6) is 0 Å². The normalized spacial score (nSPS) is 10.9. The summed E-state index contributed by atoms with van der Waals surface area (Å²) >= 11 is 3.65. The lowest BCUT2D eigenvalue weighted by Crippen LogP contribution is -2.10. The number of aromatic nitrogens is 2. The summed E-state index contributed by atoms with van der Waals surface area (Å²) in [6.07, 6.45) is 0.939. The molecule has 0 saturated heterocycles. The predicted molar refractivity (Wildman–Crippen MR) is 78.8 cm³/mol. The van der Waals surface area contributed by atoms with Crippen molar-refractivity contribution in [3.63, 3.8) is 0 Å². The van der Waals surface area contributed by atoms with Crippen molar-refractivity contribution in [1.29, 1.82) is 0 Å². The van der Waals surface area contributed by atoms with Gasteiger partial charge in [-0.15, -0.1) is 0 Å². The van der Waals surface area contributed by atoms with Crippen LogP contribution < -0.4 is 5.32 Å². The van der Waals surface area contributed by atoms with Crippen molar-refractivity contribution in [1.82, 2.24) is 15.5 Å². The zero-order valence-corrected chi connectivity index (χ0v) is 12.6. The molecule has 0 aliphatic rings. The Bertz CT molecular complexity index is 546. The molecule has 0 saturated carbocycles. The summed E-state index contributed by atoms with van der Waals surface area (Å²) in [6.45, 7) is 5.17. The Balaban J connectivity index is 2.36. The maximum atomic E-state index is 4.43. The van der Waals surface area contributed by atoms with Crippen LogP contribution in [0.4, 0.5) is 0 Å². The van der Waals surface area contributed by atoms with Crippen LogP contribution in [0.25, 0.3) is 11.3 Å². The molecule has 0 spiro atoms. The topological polar surface area (TPSA) is 40.7 Å². The molecule has 0 atom stereocenters. The van der Waals surface area contributed by atoms with Gasteiger partial charge in [-0.05, 0) is 42.4 Å². The highest BCUT2D eigenvalue weighted by Crippen LogP contribution is 2.31. The molecule has 0 aliphatic heterocycles. The number of aromatic amines is 1. The molecule has 0 aliphatic carbocycles. The molecule has 0 amide bonds. The first kappa shape index (κ1) is 13.3. The Hall–Kier alpha value is -1.13. The van der Waals surface area contributed by atoms with Crippen LogP contribution in [0, 0.1) is 13.8 Å². The Morgan fingerprint density at radius 1 is 1.33 bits per heavy atom. The minimum Gasteiger partial charge on any atom is -0.319 e. The average molecular weight is 308 g/mol. The first-order chi connectivity index (χ1) is 8.63. The summed E-state index contributed by atoms with van der Waals surface area (Å²) < 4.78 is 1.07. The van der Waals surface area contributed by atoms with Crippen LogP contribution >= 0.6 is 15.9 Å². The fourth-order valence-corrected chi connectivity index (χ4v) is 2.63. The van der Waals surface area contributed by atoms with Gasteiger partial charge in [-0.1, -0.05) is 23.8 Å². The van der Waals surface area contributed by atoms with Crippen LogP contribution in [0.15, 0.2) is 22.7 Å². The van der Waals surface area contributed by atoms with E-state index in [4.69, 9.17) is 0 Å². The monoisotopic (exact) mass is 307 g/mol. The van der Waals surface area contributed by atoms with Crippen molar-refractivity contribution in [2.75, 3.05) is 13.6 Å². The van der Waals surface area contributed by atoms with Crippen LogP contribution in [-0.2, 0) is 6.42 Å². The van der Waals surface area contributed by atoms with Crippen molar-refractivity contribution in [3.05, 3.63) is 39.5 Å². The van der Waals surface area contributed by atoms with Gasteiger partial charge >= 0.3 is 0 Å². The number of H-pyrrole nitrogens is 1. The Kier molecular flexibility index (Phi) is 4.19. The minimum absolute atomic E-state index is 0.938. The van der Waals surface area contributed by atoms with E-state index < -0.39 is 0 Å². The molecular weight excluding hydrogens is 290 g/mol. The quantitative estimate of drug-likeness (QED) is 0.910. The number of aryl methyl sites for hydroxylation is 2. The maximum Gasteiger partial charge on any atom is 0.107 e. The van der Waals surface area contributed by atoms with E-state index in [9.17, 15) is 0 Å². The molecule has 1 aromatic carbocycles. The SMILES string of the molecule is CNCCc1[nH]nc(-c2ccc(C)cc2C)c1Br.